The van der Waals surface area contributed by atoms with Crippen molar-refractivity contribution >= 4 is 34.5 Å². The number of likely N-dealkylation sites (tertiary alicyclic amines) is 1. The summed E-state index contributed by atoms with van der Waals surface area (Å²) >= 11 is 3.24. The van der Waals surface area contributed by atoms with Crippen molar-refractivity contribution in [1.29, 1.82) is 0 Å². The fourth-order valence-electron chi connectivity index (χ4n) is 3.15. The summed E-state index contributed by atoms with van der Waals surface area (Å²) < 4.78 is 0. The van der Waals surface area contributed by atoms with Crippen LogP contribution < -0.4 is 5.32 Å². The van der Waals surface area contributed by atoms with E-state index in [1.165, 1.54) is 4.88 Å². The van der Waals surface area contributed by atoms with Gasteiger partial charge in [-0.1, -0.05) is 6.92 Å². The number of nitrogens with one attached hydrogen (secondary N) is 1. The van der Waals surface area contributed by atoms with Crippen molar-refractivity contribution in [3.8, 4) is 0 Å². The fraction of sp³-hybridized carbons (Fsp3) is 0.526. The topological polar surface area (TPSA) is 62.3 Å². The molecule has 0 radical (unpaired) electrons. The zero-order valence-electron chi connectivity index (χ0n) is 15.3. The molecule has 7 heteroatoms. The largest absolute Gasteiger partial charge is 0.356 e. The summed E-state index contributed by atoms with van der Waals surface area (Å²) in [6.07, 6.45) is 3.36. The molecule has 1 aliphatic heterocycles. The number of hydrogen-bond acceptors (Lipinski definition) is 5. The normalized spacial score (nSPS) is 17.3. The number of amides is 2. The van der Waals surface area contributed by atoms with Crippen LogP contribution >= 0.6 is 22.7 Å². The molecule has 3 heterocycles. The van der Waals surface area contributed by atoms with Gasteiger partial charge in [-0.2, -0.15) is 0 Å². The van der Waals surface area contributed by atoms with Crippen LogP contribution in [-0.4, -0.2) is 41.3 Å². The monoisotopic (exact) mass is 391 g/mol. The van der Waals surface area contributed by atoms with Gasteiger partial charge in [0.1, 0.15) is 0 Å². The van der Waals surface area contributed by atoms with E-state index in [9.17, 15) is 9.59 Å². The van der Waals surface area contributed by atoms with Crippen LogP contribution in [0.2, 0.25) is 0 Å². The van der Waals surface area contributed by atoms with Crippen LogP contribution in [0.5, 0.6) is 0 Å². The Balaban J connectivity index is 1.57. The molecule has 1 aliphatic rings. The number of carbonyl (C=O) groups excluding carboxylic acids is 2. The highest BCUT2D eigenvalue weighted by Gasteiger charge is 2.27. The Morgan fingerprint density at radius 1 is 1.38 bits per heavy atom. The van der Waals surface area contributed by atoms with E-state index in [2.05, 4.69) is 10.7 Å². The number of rotatable bonds is 6. The molecule has 5 nitrogen and oxygen atoms in total. The number of carbonyl (C=O) groups is 2. The lowest BCUT2D eigenvalue weighted by Gasteiger charge is -2.31. The highest BCUT2D eigenvalue weighted by atomic mass is 32.1. The summed E-state index contributed by atoms with van der Waals surface area (Å²) in [6, 6.07) is 3.93. The Morgan fingerprint density at radius 2 is 2.23 bits per heavy atom. The van der Waals surface area contributed by atoms with E-state index in [0.717, 1.165) is 47.9 Å². The lowest BCUT2D eigenvalue weighted by molar-refractivity contribution is -0.120. The molecular formula is C19H25N3O2S2. The Labute approximate surface area is 162 Å². The molecule has 1 N–H and O–H groups in total. The first-order chi connectivity index (χ1) is 12.6. The van der Waals surface area contributed by atoms with Gasteiger partial charge >= 0.3 is 0 Å². The number of hydrogen-bond donors (Lipinski definition) is 1. The van der Waals surface area contributed by atoms with E-state index in [4.69, 9.17) is 4.98 Å². The van der Waals surface area contributed by atoms with E-state index < -0.39 is 0 Å². The summed E-state index contributed by atoms with van der Waals surface area (Å²) in [5.74, 6) is 0.537. The molecule has 1 fully saturated rings. The second-order valence-electron chi connectivity index (χ2n) is 6.63. The van der Waals surface area contributed by atoms with E-state index in [0.29, 0.717) is 18.9 Å². The summed E-state index contributed by atoms with van der Waals surface area (Å²) in [5, 5.41) is 6.08. The Bertz CT molecular complexity index is 768. The van der Waals surface area contributed by atoms with Crippen LogP contribution in [0.25, 0.3) is 0 Å². The number of aromatic nitrogens is 1. The zero-order valence-corrected chi connectivity index (χ0v) is 16.9. The van der Waals surface area contributed by atoms with Gasteiger partial charge in [-0.15, -0.1) is 22.7 Å². The van der Waals surface area contributed by atoms with Crippen molar-refractivity contribution in [3.63, 3.8) is 0 Å². The molecule has 0 bridgehead atoms. The van der Waals surface area contributed by atoms with Gasteiger partial charge in [-0.25, -0.2) is 4.98 Å². The standard InChI is InChI=1S/C19H25N3O2S2/c1-3-17(23)20-9-8-15-12-25-18(21-15)14-5-4-10-22(11-14)19(24)16-7-6-13(2)26-16/h6-7,12,14H,3-5,8-11H2,1-2H3,(H,20,23). The van der Waals surface area contributed by atoms with E-state index in [1.54, 1.807) is 22.7 Å². The smallest absolute Gasteiger partial charge is 0.263 e. The van der Waals surface area contributed by atoms with Crippen LogP contribution in [0.4, 0.5) is 0 Å². The van der Waals surface area contributed by atoms with Crippen LogP contribution in [-0.2, 0) is 11.2 Å². The molecule has 2 amide bonds. The Morgan fingerprint density at radius 3 is 2.96 bits per heavy atom. The first-order valence-electron chi connectivity index (χ1n) is 9.13. The summed E-state index contributed by atoms with van der Waals surface area (Å²) in [4.78, 5) is 32.7. The maximum atomic E-state index is 12.7. The molecule has 0 saturated carbocycles. The van der Waals surface area contributed by atoms with Crippen molar-refractivity contribution < 1.29 is 9.59 Å². The summed E-state index contributed by atoms with van der Waals surface area (Å²) in [6.45, 7) is 6.08. The molecule has 0 aliphatic carbocycles. The van der Waals surface area contributed by atoms with Crippen molar-refractivity contribution in [2.75, 3.05) is 19.6 Å². The lowest BCUT2D eigenvalue weighted by Crippen LogP contribution is -2.38. The maximum absolute atomic E-state index is 12.7. The van der Waals surface area contributed by atoms with Gasteiger partial charge in [0, 0.05) is 48.7 Å². The number of nitrogens with zero attached hydrogens (tertiary/aromatic N) is 2. The maximum Gasteiger partial charge on any atom is 0.263 e. The number of piperidine rings is 1. The quantitative estimate of drug-likeness (QED) is 0.818. The minimum absolute atomic E-state index is 0.0747. The number of aryl methyl sites for hydroxylation is 1. The van der Waals surface area contributed by atoms with Crippen molar-refractivity contribution in [3.05, 3.63) is 38.0 Å². The van der Waals surface area contributed by atoms with Gasteiger partial charge in [0.2, 0.25) is 5.91 Å². The van der Waals surface area contributed by atoms with E-state index >= 15 is 0 Å². The predicted octanol–water partition coefficient (Wildman–Crippen LogP) is 3.60. The number of thiophene rings is 1. The van der Waals surface area contributed by atoms with E-state index in [1.807, 2.05) is 30.9 Å². The van der Waals surface area contributed by atoms with Gasteiger partial charge < -0.3 is 10.2 Å². The van der Waals surface area contributed by atoms with E-state index in [-0.39, 0.29) is 11.8 Å². The molecule has 140 valence electrons. The third-order valence-electron chi connectivity index (χ3n) is 4.60. The molecule has 0 spiro atoms. The molecular weight excluding hydrogens is 366 g/mol. The first kappa shape index (κ1) is 19.0. The van der Waals surface area contributed by atoms with Gasteiger partial charge in [-0.3, -0.25) is 9.59 Å². The van der Waals surface area contributed by atoms with Crippen LogP contribution in [0, 0.1) is 6.92 Å². The third kappa shape index (κ3) is 4.71. The van der Waals surface area contributed by atoms with Gasteiger partial charge in [0.25, 0.3) is 5.91 Å². The number of thiazole rings is 1. The molecule has 1 saturated heterocycles. The van der Waals surface area contributed by atoms with Crippen LogP contribution in [0.3, 0.4) is 0 Å². The van der Waals surface area contributed by atoms with Crippen molar-refractivity contribution in [2.45, 2.75) is 45.4 Å². The van der Waals surface area contributed by atoms with Crippen molar-refractivity contribution in [2.24, 2.45) is 0 Å². The van der Waals surface area contributed by atoms with Gasteiger partial charge in [0.05, 0.1) is 15.6 Å². The Hall–Kier alpha value is -1.73. The minimum Gasteiger partial charge on any atom is -0.356 e. The summed E-state index contributed by atoms with van der Waals surface area (Å²) in [5.41, 5.74) is 1.03. The average molecular weight is 392 g/mol. The lowest BCUT2D eigenvalue weighted by atomic mass is 9.98. The third-order valence-corrected chi connectivity index (χ3v) is 6.65. The minimum atomic E-state index is 0.0747. The molecule has 2 aromatic heterocycles. The van der Waals surface area contributed by atoms with Crippen LogP contribution in [0.1, 0.15) is 57.4 Å². The van der Waals surface area contributed by atoms with Crippen LogP contribution in [0.15, 0.2) is 17.5 Å². The molecule has 26 heavy (non-hydrogen) atoms. The molecule has 0 aromatic carbocycles. The molecule has 1 atom stereocenters. The SMILES string of the molecule is CCC(=O)NCCc1csc(C2CCCN(C(=O)c3ccc(C)s3)C2)n1. The van der Waals surface area contributed by atoms with Crippen molar-refractivity contribution in [1.82, 2.24) is 15.2 Å². The highest BCUT2D eigenvalue weighted by molar-refractivity contribution is 7.13. The average Bonchev–Trinajstić information content (AvgIpc) is 3.30. The second kappa shape index (κ2) is 8.77. The highest BCUT2D eigenvalue weighted by Crippen LogP contribution is 2.30. The second-order valence-corrected chi connectivity index (χ2v) is 8.81. The first-order valence-corrected chi connectivity index (χ1v) is 10.8. The van der Waals surface area contributed by atoms with Gasteiger partial charge in [-0.05, 0) is 31.9 Å². The predicted molar refractivity (Wildman–Crippen MR) is 106 cm³/mol. The summed E-state index contributed by atoms with van der Waals surface area (Å²) in [7, 11) is 0. The zero-order chi connectivity index (χ0) is 18.5. The van der Waals surface area contributed by atoms with Gasteiger partial charge in [0.15, 0.2) is 0 Å². The Kier molecular flexibility index (Phi) is 6.43. The molecule has 1 unspecified atom stereocenters. The molecule has 2 aromatic rings. The molecule has 3 rings (SSSR count). The fourth-order valence-corrected chi connectivity index (χ4v) is 4.97.